The molecule has 2 aromatic carbocycles. The van der Waals surface area contributed by atoms with Crippen LogP contribution in [0.1, 0.15) is 43.2 Å². The molecule has 1 fully saturated rings. The van der Waals surface area contributed by atoms with E-state index in [2.05, 4.69) is 0 Å². The minimum atomic E-state index is -1.54. The Morgan fingerprint density at radius 3 is 2.11 bits per heavy atom. The molecule has 0 spiro atoms. The summed E-state index contributed by atoms with van der Waals surface area (Å²) in [7, 11) is 0. The van der Waals surface area contributed by atoms with Crippen molar-refractivity contribution in [2.45, 2.75) is 51.0 Å². The van der Waals surface area contributed by atoms with Crippen LogP contribution >= 0.6 is 0 Å². The topological polar surface area (TPSA) is 20.2 Å². The molecule has 0 heterocycles. The molecule has 0 bridgehead atoms. The summed E-state index contributed by atoms with van der Waals surface area (Å²) in [5.74, 6) is -3.60. The molecule has 1 N–H and O–H groups in total. The van der Waals surface area contributed by atoms with Gasteiger partial charge in [0.05, 0.1) is 6.10 Å². The van der Waals surface area contributed by atoms with Crippen LogP contribution in [0.3, 0.4) is 0 Å². The molecule has 1 saturated carbocycles. The fourth-order valence-electron chi connectivity index (χ4n) is 4.75. The first-order valence-electron chi connectivity index (χ1n) is 9.57. The van der Waals surface area contributed by atoms with E-state index in [9.17, 15) is 18.3 Å². The van der Waals surface area contributed by atoms with E-state index in [-0.39, 0.29) is 17.2 Å². The van der Waals surface area contributed by atoms with Gasteiger partial charge in [0.15, 0.2) is 17.5 Å². The highest BCUT2D eigenvalue weighted by Gasteiger charge is 2.31. The summed E-state index contributed by atoms with van der Waals surface area (Å²) in [6.07, 6.45) is 5.76. The summed E-state index contributed by atoms with van der Waals surface area (Å²) < 4.78 is 55.3. The number of hydrogen-bond acceptors (Lipinski definition) is 1. The van der Waals surface area contributed by atoms with Gasteiger partial charge in [0, 0.05) is 5.56 Å². The molecular formula is C22H22F4O. The summed E-state index contributed by atoms with van der Waals surface area (Å²) in [4.78, 5) is 0. The Labute approximate surface area is 156 Å². The Hall–Kier alpha value is -1.88. The minimum Gasteiger partial charge on any atom is -0.393 e. The lowest BCUT2D eigenvalue weighted by Gasteiger charge is -2.35. The van der Waals surface area contributed by atoms with Crippen LogP contribution in [0.4, 0.5) is 17.6 Å². The maximum atomic E-state index is 15.1. The van der Waals surface area contributed by atoms with Crippen LogP contribution < -0.4 is 0 Å². The van der Waals surface area contributed by atoms with Crippen LogP contribution in [-0.4, -0.2) is 11.2 Å². The van der Waals surface area contributed by atoms with Crippen molar-refractivity contribution in [1.29, 1.82) is 0 Å². The van der Waals surface area contributed by atoms with Crippen molar-refractivity contribution in [3.05, 3.63) is 58.7 Å². The third-order valence-electron chi connectivity index (χ3n) is 6.29. The predicted molar refractivity (Wildman–Crippen MR) is 95.2 cm³/mol. The van der Waals surface area contributed by atoms with Gasteiger partial charge in [-0.1, -0.05) is 12.1 Å². The SMILES string of the molecule is OC1CCC(C2CCc3c(ccc(-c4cc(F)c(F)c(F)c4)c3F)C2)CC1. The normalized spacial score (nSPS) is 25.3. The van der Waals surface area contributed by atoms with Gasteiger partial charge < -0.3 is 5.11 Å². The van der Waals surface area contributed by atoms with E-state index in [1.54, 1.807) is 0 Å². The van der Waals surface area contributed by atoms with Gasteiger partial charge in [-0.05, 0) is 85.6 Å². The Morgan fingerprint density at radius 2 is 1.44 bits per heavy atom. The molecular weight excluding hydrogens is 356 g/mol. The van der Waals surface area contributed by atoms with Gasteiger partial charge >= 0.3 is 0 Å². The van der Waals surface area contributed by atoms with Crippen LogP contribution in [0, 0.1) is 35.1 Å². The second-order valence-corrected chi connectivity index (χ2v) is 7.89. The van der Waals surface area contributed by atoms with E-state index in [4.69, 9.17) is 0 Å². The second-order valence-electron chi connectivity index (χ2n) is 7.89. The van der Waals surface area contributed by atoms with Crippen LogP contribution in [-0.2, 0) is 12.8 Å². The molecule has 0 aromatic heterocycles. The lowest BCUT2D eigenvalue weighted by Crippen LogP contribution is -2.28. The number of rotatable bonds is 2. The minimum absolute atomic E-state index is 0.00934. The van der Waals surface area contributed by atoms with Crippen LogP contribution in [0.5, 0.6) is 0 Å². The van der Waals surface area contributed by atoms with Gasteiger partial charge in [0.1, 0.15) is 5.82 Å². The molecule has 2 aromatic rings. The van der Waals surface area contributed by atoms with Crippen molar-refractivity contribution in [1.82, 2.24) is 0 Å². The molecule has 4 rings (SSSR count). The average Bonchev–Trinajstić information content (AvgIpc) is 2.66. The first-order chi connectivity index (χ1) is 12.9. The van der Waals surface area contributed by atoms with Crippen molar-refractivity contribution < 1.29 is 22.7 Å². The number of fused-ring (bicyclic) bond motifs is 1. The summed E-state index contributed by atoms with van der Waals surface area (Å²) in [5, 5.41) is 9.69. The third kappa shape index (κ3) is 3.49. The maximum Gasteiger partial charge on any atom is 0.194 e. The van der Waals surface area contributed by atoms with E-state index < -0.39 is 23.3 Å². The second kappa shape index (κ2) is 7.27. The molecule has 1 nitrogen and oxygen atoms in total. The monoisotopic (exact) mass is 378 g/mol. The molecule has 2 aliphatic carbocycles. The van der Waals surface area contributed by atoms with Gasteiger partial charge in [0.2, 0.25) is 0 Å². The molecule has 0 radical (unpaired) electrons. The van der Waals surface area contributed by atoms with E-state index in [1.807, 2.05) is 6.07 Å². The Kier molecular flexibility index (Phi) is 4.97. The van der Waals surface area contributed by atoms with Crippen molar-refractivity contribution in [2.75, 3.05) is 0 Å². The summed E-state index contributed by atoms with van der Waals surface area (Å²) in [5.41, 5.74) is 1.66. The van der Waals surface area contributed by atoms with Crippen molar-refractivity contribution in [3.8, 4) is 11.1 Å². The van der Waals surface area contributed by atoms with Crippen molar-refractivity contribution in [2.24, 2.45) is 11.8 Å². The zero-order valence-corrected chi connectivity index (χ0v) is 15.0. The largest absolute Gasteiger partial charge is 0.393 e. The van der Waals surface area contributed by atoms with Crippen LogP contribution in [0.2, 0.25) is 0 Å². The standard InChI is InChI=1S/C22H22F4O/c23-19-10-15(11-20(24)22(19)26)18-8-4-14-9-13(3-7-17(14)21(18)25)12-1-5-16(27)6-2-12/h4,8,10-13,16,27H,1-3,5-7,9H2. The lowest BCUT2D eigenvalue weighted by molar-refractivity contribution is 0.0877. The third-order valence-corrected chi connectivity index (χ3v) is 6.29. The van der Waals surface area contributed by atoms with Gasteiger partial charge in [-0.2, -0.15) is 0 Å². The Balaban J connectivity index is 1.60. The zero-order chi connectivity index (χ0) is 19.1. The molecule has 144 valence electrons. The molecule has 1 atom stereocenters. The summed E-state index contributed by atoms with van der Waals surface area (Å²) >= 11 is 0. The Morgan fingerprint density at radius 1 is 0.778 bits per heavy atom. The highest BCUT2D eigenvalue weighted by atomic mass is 19.2. The summed E-state index contributed by atoms with van der Waals surface area (Å²) in [6, 6.07) is 5.04. The van der Waals surface area contributed by atoms with E-state index >= 15 is 4.39 Å². The van der Waals surface area contributed by atoms with Crippen molar-refractivity contribution in [3.63, 3.8) is 0 Å². The molecule has 0 aliphatic heterocycles. The van der Waals surface area contributed by atoms with Gasteiger partial charge in [-0.3, -0.25) is 0 Å². The van der Waals surface area contributed by atoms with Gasteiger partial charge in [-0.15, -0.1) is 0 Å². The van der Waals surface area contributed by atoms with Gasteiger partial charge in [-0.25, -0.2) is 17.6 Å². The van der Waals surface area contributed by atoms with E-state index in [0.29, 0.717) is 23.8 Å². The van der Waals surface area contributed by atoms with Crippen molar-refractivity contribution >= 4 is 0 Å². The van der Waals surface area contributed by atoms with Crippen LogP contribution in [0.25, 0.3) is 11.1 Å². The Bertz CT molecular complexity index is 833. The highest BCUT2D eigenvalue weighted by Crippen LogP contribution is 2.40. The first-order valence-corrected chi connectivity index (χ1v) is 9.57. The smallest absolute Gasteiger partial charge is 0.194 e. The molecule has 5 heteroatoms. The summed E-state index contributed by atoms with van der Waals surface area (Å²) in [6.45, 7) is 0. The lowest BCUT2D eigenvalue weighted by atomic mass is 9.71. The average molecular weight is 378 g/mol. The zero-order valence-electron chi connectivity index (χ0n) is 15.0. The number of halogens is 4. The number of benzene rings is 2. The quantitative estimate of drug-likeness (QED) is 0.535. The molecule has 1 unspecified atom stereocenters. The molecule has 27 heavy (non-hydrogen) atoms. The number of hydrogen-bond donors (Lipinski definition) is 1. The van der Waals surface area contributed by atoms with E-state index in [1.165, 1.54) is 6.07 Å². The fourth-order valence-corrected chi connectivity index (χ4v) is 4.75. The number of aliphatic hydroxyl groups excluding tert-OH is 1. The predicted octanol–water partition coefficient (Wildman–Crippen LogP) is 5.57. The maximum absolute atomic E-state index is 15.1. The number of aliphatic hydroxyl groups is 1. The molecule has 2 aliphatic rings. The van der Waals surface area contributed by atoms with Gasteiger partial charge in [0.25, 0.3) is 0 Å². The molecule has 0 amide bonds. The fraction of sp³-hybridized carbons (Fsp3) is 0.455. The first kappa shape index (κ1) is 18.5. The molecule has 0 saturated heterocycles. The van der Waals surface area contributed by atoms with Crippen LogP contribution in [0.15, 0.2) is 24.3 Å². The highest BCUT2D eigenvalue weighted by molar-refractivity contribution is 5.66. The van der Waals surface area contributed by atoms with E-state index in [0.717, 1.165) is 56.2 Å².